The molecule has 1 unspecified atom stereocenters. The van der Waals surface area contributed by atoms with Crippen LogP contribution < -0.4 is 0 Å². The van der Waals surface area contributed by atoms with Crippen molar-refractivity contribution in [2.24, 2.45) is 5.41 Å². The summed E-state index contributed by atoms with van der Waals surface area (Å²) in [6.45, 7) is 5.57. The molecular weight excluding hydrogens is 168 g/mol. The molecule has 0 radical (unpaired) electrons. The fourth-order valence-corrected chi connectivity index (χ4v) is 1.82. The molecule has 0 heterocycles. The molecule has 78 valence electrons. The van der Waals surface area contributed by atoms with Gasteiger partial charge in [-0.2, -0.15) is 0 Å². The molecule has 0 spiro atoms. The normalized spacial score (nSPS) is 21.5. The number of carbonyl (C=O) groups is 1. The van der Waals surface area contributed by atoms with Crippen LogP contribution in [-0.4, -0.2) is 22.3 Å². The minimum atomic E-state index is -0.843. The third kappa shape index (κ3) is 2.44. The second kappa shape index (κ2) is 5.22. The Hall–Kier alpha value is -0.570. The molecule has 1 atom stereocenters. The smallest absolute Gasteiger partial charge is 0.312 e. The largest absolute Gasteiger partial charge is 0.481 e. The van der Waals surface area contributed by atoms with Gasteiger partial charge in [-0.25, -0.2) is 0 Å². The Morgan fingerprint density at radius 1 is 1.31 bits per heavy atom. The SMILES string of the molecule is CC.CC(O)C1(C(=O)O)CCCC1. The highest BCUT2D eigenvalue weighted by molar-refractivity contribution is 5.75. The first-order chi connectivity index (χ1) is 6.09. The molecule has 0 aromatic carbocycles. The number of hydrogen-bond acceptors (Lipinski definition) is 2. The number of carboxylic acids is 1. The lowest BCUT2D eigenvalue weighted by molar-refractivity contribution is -0.155. The first kappa shape index (κ1) is 12.4. The highest BCUT2D eigenvalue weighted by atomic mass is 16.4. The van der Waals surface area contributed by atoms with Crippen LogP contribution in [0, 0.1) is 5.41 Å². The number of carboxylic acid groups (broad SMARTS) is 1. The standard InChI is InChI=1S/C8H14O3.C2H6/c1-6(9)8(7(10)11)4-2-3-5-8;1-2/h6,9H,2-5H2,1H3,(H,10,11);1-2H3. The molecular formula is C10H20O3. The van der Waals surface area contributed by atoms with Crippen molar-refractivity contribution in [3.8, 4) is 0 Å². The third-order valence-electron chi connectivity index (χ3n) is 2.72. The lowest BCUT2D eigenvalue weighted by Gasteiger charge is -2.26. The second-order valence-electron chi connectivity index (χ2n) is 3.34. The summed E-state index contributed by atoms with van der Waals surface area (Å²) in [5.41, 5.74) is -0.833. The number of aliphatic carboxylic acids is 1. The number of rotatable bonds is 2. The van der Waals surface area contributed by atoms with Gasteiger partial charge in [-0.05, 0) is 19.8 Å². The Kier molecular flexibility index (Phi) is 4.99. The van der Waals surface area contributed by atoms with E-state index in [9.17, 15) is 9.90 Å². The number of aliphatic hydroxyl groups is 1. The zero-order valence-electron chi connectivity index (χ0n) is 8.71. The van der Waals surface area contributed by atoms with Gasteiger partial charge < -0.3 is 10.2 Å². The maximum Gasteiger partial charge on any atom is 0.312 e. The molecule has 3 heteroatoms. The Balaban J connectivity index is 0.000000671. The van der Waals surface area contributed by atoms with Gasteiger partial charge in [0.2, 0.25) is 0 Å². The molecule has 0 aromatic heterocycles. The summed E-state index contributed by atoms with van der Waals surface area (Å²) in [7, 11) is 0. The summed E-state index contributed by atoms with van der Waals surface area (Å²) in [6, 6.07) is 0. The molecule has 1 rings (SSSR count). The fraction of sp³-hybridized carbons (Fsp3) is 0.900. The summed E-state index contributed by atoms with van der Waals surface area (Å²) in [5, 5.41) is 18.2. The summed E-state index contributed by atoms with van der Waals surface area (Å²) in [4.78, 5) is 10.8. The van der Waals surface area contributed by atoms with Crippen molar-refractivity contribution in [2.75, 3.05) is 0 Å². The second-order valence-corrected chi connectivity index (χ2v) is 3.34. The first-order valence-electron chi connectivity index (χ1n) is 5.01. The topological polar surface area (TPSA) is 57.5 Å². The van der Waals surface area contributed by atoms with Crippen molar-refractivity contribution in [1.82, 2.24) is 0 Å². The molecule has 1 fully saturated rings. The molecule has 0 amide bonds. The van der Waals surface area contributed by atoms with Crippen molar-refractivity contribution in [3.63, 3.8) is 0 Å². The van der Waals surface area contributed by atoms with E-state index < -0.39 is 17.5 Å². The van der Waals surface area contributed by atoms with Crippen LogP contribution in [0.25, 0.3) is 0 Å². The van der Waals surface area contributed by atoms with Gasteiger partial charge in [0.1, 0.15) is 0 Å². The number of aliphatic hydroxyl groups excluding tert-OH is 1. The van der Waals surface area contributed by atoms with Gasteiger partial charge in [0.25, 0.3) is 0 Å². The highest BCUT2D eigenvalue weighted by Crippen LogP contribution is 2.41. The molecule has 0 saturated heterocycles. The summed E-state index contributed by atoms with van der Waals surface area (Å²) >= 11 is 0. The average Bonchev–Trinajstić information content (AvgIpc) is 2.56. The Morgan fingerprint density at radius 3 is 1.85 bits per heavy atom. The van der Waals surface area contributed by atoms with E-state index in [1.165, 1.54) is 0 Å². The van der Waals surface area contributed by atoms with E-state index in [1.807, 2.05) is 13.8 Å². The predicted molar refractivity (Wildman–Crippen MR) is 51.6 cm³/mol. The van der Waals surface area contributed by atoms with Crippen LogP contribution in [0.3, 0.4) is 0 Å². The van der Waals surface area contributed by atoms with E-state index in [0.717, 1.165) is 12.8 Å². The maximum atomic E-state index is 10.8. The van der Waals surface area contributed by atoms with Gasteiger partial charge in [-0.1, -0.05) is 26.7 Å². The molecule has 1 aliphatic rings. The van der Waals surface area contributed by atoms with Crippen LogP contribution in [0.5, 0.6) is 0 Å². The van der Waals surface area contributed by atoms with Gasteiger partial charge >= 0.3 is 5.97 Å². The fourth-order valence-electron chi connectivity index (χ4n) is 1.82. The van der Waals surface area contributed by atoms with E-state index in [2.05, 4.69) is 0 Å². The monoisotopic (exact) mass is 188 g/mol. The molecule has 13 heavy (non-hydrogen) atoms. The van der Waals surface area contributed by atoms with E-state index in [4.69, 9.17) is 5.11 Å². The van der Waals surface area contributed by atoms with Gasteiger partial charge in [0.05, 0.1) is 11.5 Å². The lowest BCUT2D eigenvalue weighted by atomic mass is 9.81. The highest BCUT2D eigenvalue weighted by Gasteiger charge is 2.45. The van der Waals surface area contributed by atoms with Gasteiger partial charge in [-0.15, -0.1) is 0 Å². The molecule has 1 aliphatic carbocycles. The van der Waals surface area contributed by atoms with Crippen molar-refractivity contribution >= 4 is 5.97 Å². The summed E-state index contributed by atoms with van der Waals surface area (Å²) < 4.78 is 0. The first-order valence-corrected chi connectivity index (χ1v) is 5.01. The zero-order chi connectivity index (χ0) is 10.5. The molecule has 0 aliphatic heterocycles. The van der Waals surface area contributed by atoms with Gasteiger partial charge in [0.15, 0.2) is 0 Å². The molecule has 0 aromatic rings. The van der Waals surface area contributed by atoms with E-state index >= 15 is 0 Å². The lowest BCUT2D eigenvalue weighted by Crippen LogP contribution is -2.38. The van der Waals surface area contributed by atoms with Crippen molar-refractivity contribution in [1.29, 1.82) is 0 Å². The van der Waals surface area contributed by atoms with Crippen LogP contribution >= 0.6 is 0 Å². The maximum absolute atomic E-state index is 10.8. The summed E-state index contributed by atoms with van der Waals surface area (Å²) in [6.07, 6.45) is 2.39. The van der Waals surface area contributed by atoms with Crippen LogP contribution in [-0.2, 0) is 4.79 Å². The predicted octanol–water partition coefficient (Wildman–Crippen LogP) is 2.04. The van der Waals surface area contributed by atoms with Gasteiger partial charge in [0, 0.05) is 0 Å². The minimum Gasteiger partial charge on any atom is -0.481 e. The van der Waals surface area contributed by atoms with Crippen LogP contribution in [0.15, 0.2) is 0 Å². The van der Waals surface area contributed by atoms with E-state index in [0.29, 0.717) is 12.8 Å². The van der Waals surface area contributed by atoms with Crippen molar-refractivity contribution < 1.29 is 15.0 Å². The molecule has 1 saturated carbocycles. The third-order valence-corrected chi connectivity index (χ3v) is 2.72. The summed E-state index contributed by atoms with van der Waals surface area (Å²) in [5.74, 6) is -0.843. The van der Waals surface area contributed by atoms with Gasteiger partial charge in [-0.3, -0.25) is 4.79 Å². The molecule has 0 bridgehead atoms. The Bertz CT molecular complexity index is 158. The zero-order valence-corrected chi connectivity index (χ0v) is 8.71. The molecule has 3 nitrogen and oxygen atoms in total. The van der Waals surface area contributed by atoms with E-state index in [-0.39, 0.29) is 0 Å². The minimum absolute atomic E-state index is 0.625. The quantitative estimate of drug-likeness (QED) is 0.697. The van der Waals surface area contributed by atoms with Crippen LogP contribution in [0.2, 0.25) is 0 Å². The average molecular weight is 188 g/mol. The van der Waals surface area contributed by atoms with Crippen molar-refractivity contribution in [3.05, 3.63) is 0 Å². The van der Waals surface area contributed by atoms with Crippen LogP contribution in [0.4, 0.5) is 0 Å². The van der Waals surface area contributed by atoms with E-state index in [1.54, 1.807) is 6.92 Å². The molecule has 2 N–H and O–H groups in total. The Morgan fingerprint density at radius 2 is 1.69 bits per heavy atom. The Labute approximate surface area is 79.8 Å². The van der Waals surface area contributed by atoms with Crippen molar-refractivity contribution in [2.45, 2.75) is 52.6 Å². The van der Waals surface area contributed by atoms with Crippen LogP contribution in [0.1, 0.15) is 46.5 Å². The number of hydrogen-bond donors (Lipinski definition) is 2.